The number of likely N-dealkylation sites (tertiary alicyclic amines) is 1. The van der Waals surface area contributed by atoms with Crippen LogP contribution in [0.5, 0.6) is 5.75 Å². The van der Waals surface area contributed by atoms with Crippen molar-refractivity contribution >= 4 is 5.96 Å². The van der Waals surface area contributed by atoms with Gasteiger partial charge in [-0.2, -0.15) is 8.78 Å². The number of aliphatic imine (C=N–C) groups is 1. The number of piperidine rings is 1. The second kappa shape index (κ2) is 10.2. The number of guanidine groups is 1. The average Bonchev–Trinajstić information content (AvgIpc) is 2.60. The summed E-state index contributed by atoms with van der Waals surface area (Å²) in [6.07, 6.45) is 3.87. The minimum atomic E-state index is -2.83. The fraction of sp³-hybridized carbons (Fsp3) is 0.611. The third kappa shape index (κ3) is 6.86. The Kier molecular flexibility index (Phi) is 7.91. The van der Waals surface area contributed by atoms with Crippen molar-refractivity contribution in [1.29, 1.82) is 0 Å². The van der Waals surface area contributed by atoms with Gasteiger partial charge in [0.25, 0.3) is 0 Å². The van der Waals surface area contributed by atoms with Crippen molar-refractivity contribution in [3.63, 3.8) is 0 Å². The van der Waals surface area contributed by atoms with Crippen LogP contribution in [0, 0.1) is 6.92 Å². The first-order chi connectivity index (χ1) is 12.1. The predicted molar refractivity (Wildman–Crippen MR) is 96.3 cm³/mol. The topological polar surface area (TPSA) is 48.9 Å². The van der Waals surface area contributed by atoms with E-state index in [1.807, 2.05) is 13.0 Å². The third-order valence-corrected chi connectivity index (χ3v) is 4.27. The van der Waals surface area contributed by atoms with Crippen molar-refractivity contribution in [3.05, 3.63) is 29.3 Å². The van der Waals surface area contributed by atoms with Gasteiger partial charge < -0.3 is 20.3 Å². The molecule has 5 nitrogen and oxygen atoms in total. The van der Waals surface area contributed by atoms with E-state index >= 15 is 0 Å². The zero-order valence-electron chi connectivity index (χ0n) is 15.0. The number of ether oxygens (including phenoxy) is 1. The third-order valence-electron chi connectivity index (χ3n) is 4.27. The molecule has 0 aliphatic carbocycles. The highest BCUT2D eigenvalue weighted by atomic mass is 19.3. The van der Waals surface area contributed by atoms with Gasteiger partial charge in [0.15, 0.2) is 5.96 Å². The Bertz CT molecular complexity index is 560. The van der Waals surface area contributed by atoms with Gasteiger partial charge in [0.1, 0.15) is 5.75 Å². The predicted octanol–water partition coefficient (Wildman–Crippen LogP) is 2.75. The summed E-state index contributed by atoms with van der Waals surface area (Å²) in [7, 11) is 1.70. The van der Waals surface area contributed by atoms with Crippen molar-refractivity contribution in [2.24, 2.45) is 4.99 Å². The molecule has 1 aliphatic rings. The zero-order chi connectivity index (χ0) is 18.1. The summed E-state index contributed by atoms with van der Waals surface area (Å²) in [5.41, 5.74) is 1.67. The van der Waals surface area contributed by atoms with E-state index in [1.165, 1.54) is 19.3 Å². The fourth-order valence-corrected chi connectivity index (χ4v) is 2.97. The molecular weight excluding hydrogens is 326 g/mol. The number of nitrogens with zero attached hydrogens (tertiary/aromatic N) is 2. The standard InChI is InChI=1S/C18H28F2N4O/c1-14-6-7-16(25-17(19)20)15(12-14)13-23-18(21-2)22-8-11-24-9-4-3-5-10-24/h6-7,12,17H,3-5,8-11,13H2,1-2H3,(H2,21,22,23). The van der Waals surface area contributed by atoms with Gasteiger partial charge in [0.05, 0.1) is 0 Å². The number of halogens is 2. The van der Waals surface area contributed by atoms with Gasteiger partial charge in [-0.25, -0.2) is 0 Å². The lowest BCUT2D eigenvalue weighted by atomic mass is 10.1. The maximum absolute atomic E-state index is 12.5. The van der Waals surface area contributed by atoms with Gasteiger partial charge in [-0.1, -0.05) is 24.1 Å². The summed E-state index contributed by atoms with van der Waals surface area (Å²) in [4.78, 5) is 6.63. The Hall–Kier alpha value is -1.89. The Balaban J connectivity index is 1.82. The van der Waals surface area contributed by atoms with E-state index in [2.05, 4.69) is 25.3 Å². The van der Waals surface area contributed by atoms with Crippen LogP contribution in [-0.4, -0.2) is 50.7 Å². The van der Waals surface area contributed by atoms with Crippen molar-refractivity contribution in [1.82, 2.24) is 15.5 Å². The van der Waals surface area contributed by atoms with Crippen LogP contribution in [0.3, 0.4) is 0 Å². The molecule has 1 aliphatic heterocycles. The van der Waals surface area contributed by atoms with Crippen LogP contribution in [0.15, 0.2) is 23.2 Å². The summed E-state index contributed by atoms with van der Waals surface area (Å²) < 4.78 is 29.6. The fourth-order valence-electron chi connectivity index (χ4n) is 2.97. The highest BCUT2D eigenvalue weighted by Crippen LogP contribution is 2.21. The van der Waals surface area contributed by atoms with Crippen molar-refractivity contribution in [3.8, 4) is 5.75 Å². The van der Waals surface area contributed by atoms with Gasteiger partial charge in [0, 0.05) is 32.2 Å². The van der Waals surface area contributed by atoms with E-state index in [0.29, 0.717) is 18.1 Å². The van der Waals surface area contributed by atoms with E-state index in [4.69, 9.17) is 0 Å². The number of hydrogen-bond acceptors (Lipinski definition) is 3. The molecule has 0 unspecified atom stereocenters. The van der Waals surface area contributed by atoms with E-state index in [0.717, 1.165) is 31.7 Å². The first-order valence-electron chi connectivity index (χ1n) is 8.79. The Labute approximate surface area is 148 Å². The summed E-state index contributed by atoms with van der Waals surface area (Å²) >= 11 is 0. The molecule has 0 radical (unpaired) electrons. The molecule has 0 atom stereocenters. The lowest BCUT2D eigenvalue weighted by Gasteiger charge is -2.26. The number of aryl methyl sites for hydroxylation is 1. The SMILES string of the molecule is CN=C(NCCN1CCCCC1)NCc1cc(C)ccc1OC(F)F. The van der Waals surface area contributed by atoms with Crippen molar-refractivity contribution in [2.45, 2.75) is 39.3 Å². The van der Waals surface area contributed by atoms with E-state index in [-0.39, 0.29) is 5.75 Å². The molecule has 0 amide bonds. The molecule has 1 fully saturated rings. The highest BCUT2D eigenvalue weighted by molar-refractivity contribution is 5.79. The molecule has 1 saturated heterocycles. The van der Waals surface area contributed by atoms with Gasteiger partial charge in [0.2, 0.25) is 0 Å². The molecule has 140 valence electrons. The molecule has 1 aromatic carbocycles. The molecule has 0 spiro atoms. The molecule has 1 heterocycles. The monoisotopic (exact) mass is 354 g/mol. The largest absolute Gasteiger partial charge is 0.434 e. The van der Waals surface area contributed by atoms with Crippen LogP contribution in [0.2, 0.25) is 0 Å². The lowest BCUT2D eigenvalue weighted by molar-refractivity contribution is -0.0504. The second-order valence-corrected chi connectivity index (χ2v) is 6.24. The number of alkyl halides is 2. The van der Waals surface area contributed by atoms with Gasteiger partial charge in [-0.05, 0) is 38.9 Å². The Morgan fingerprint density at radius 3 is 2.68 bits per heavy atom. The Morgan fingerprint density at radius 2 is 2.00 bits per heavy atom. The molecule has 2 rings (SSSR count). The van der Waals surface area contributed by atoms with Crippen molar-refractivity contribution in [2.75, 3.05) is 33.2 Å². The summed E-state index contributed by atoms with van der Waals surface area (Å²) in [6, 6.07) is 5.17. The van der Waals surface area contributed by atoms with Crippen LogP contribution in [-0.2, 0) is 6.54 Å². The maximum atomic E-state index is 12.5. The van der Waals surface area contributed by atoms with Crippen LogP contribution < -0.4 is 15.4 Å². The second-order valence-electron chi connectivity index (χ2n) is 6.24. The normalized spacial score (nSPS) is 16.1. The summed E-state index contributed by atoms with van der Waals surface area (Å²) in [5.74, 6) is 0.846. The molecule has 7 heteroatoms. The number of nitrogens with one attached hydrogen (secondary N) is 2. The number of benzene rings is 1. The molecule has 2 N–H and O–H groups in total. The molecule has 25 heavy (non-hydrogen) atoms. The molecule has 0 aromatic heterocycles. The minimum Gasteiger partial charge on any atom is -0.434 e. The van der Waals surface area contributed by atoms with Gasteiger partial charge in [-0.15, -0.1) is 0 Å². The lowest BCUT2D eigenvalue weighted by Crippen LogP contribution is -2.42. The average molecular weight is 354 g/mol. The van der Waals surface area contributed by atoms with Crippen LogP contribution >= 0.6 is 0 Å². The van der Waals surface area contributed by atoms with Crippen LogP contribution in [0.25, 0.3) is 0 Å². The van der Waals surface area contributed by atoms with E-state index in [9.17, 15) is 8.78 Å². The summed E-state index contributed by atoms with van der Waals surface area (Å²) in [6.45, 7) is 3.55. The smallest absolute Gasteiger partial charge is 0.387 e. The van der Waals surface area contributed by atoms with Crippen molar-refractivity contribution < 1.29 is 13.5 Å². The molecule has 1 aromatic rings. The van der Waals surface area contributed by atoms with Gasteiger partial charge >= 0.3 is 6.61 Å². The molecule has 0 saturated carbocycles. The van der Waals surface area contributed by atoms with Gasteiger partial charge in [-0.3, -0.25) is 4.99 Å². The maximum Gasteiger partial charge on any atom is 0.387 e. The highest BCUT2D eigenvalue weighted by Gasteiger charge is 2.11. The Morgan fingerprint density at radius 1 is 1.24 bits per heavy atom. The van der Waals surface area contributed by atoms with E-state index in [1.54, 1.807) is 19.2 Å². The van der Waals surface area contributed by atoms with E-state index < -0.39 is 6.61 Å². The number of hydrogen-bond donors (Lipinski definition) is 2. The minimum absolute atomic E-state index is 0.192. The molecular formula is C18H28F2N4O. The summed E-state index contributed by atoms with van der Waals surface area (Å²) in [5, 5.41) is 6.43. The first kappa shape index (κ1) is 19.4. The van der Waals surface area contributed by atoms with Crippen LogP contribution in [0.1, 0.15) is 30.4 Å². The zero-order valence-corrected chi connectivity index (χ0v) is 15.0. The quantitative estimate of drug-likeness (QED) is 0.584. The van der Waals surface area contributed by atoms with Crippen LogP contribution in [0.4, 0.5) is 8.78 Å². The molecule has 0 bridgehead atoms. The first-order valence-corrected chi connectivity index (χ1v) is 8.79. The number of rotatable bonds is 7.